The van der Waals surface area contributed by atoms with E-state index in [4.69, 9.17) is 16.3 Å². The quantitative estimate of drug-likeness (QED) is 0.278. The smallest absolute Gasteiger partial charge is 0.343 e. The first-order chi connectivity index (χ1) is 16.3. The van der Waals surface area contributed by atoms with E-state index in [1.807, 2.05) is 0 Å². The second-order valence-electron chi connectivity index (χ2n) is 7.19. The summed E-state index contributed by atoms with van der Waals surface area (Å²) >= 11 is 6.06. The molecule has 1 amide bonds. The van der Waals surface area contributed by atoms with Gasteiger partial charge in [0, 0.05) is 11.8 Å². The zero-order chi connectivity index (χ0) is 24.1. The van der Waals surface area contributed by atoms with Crippen molar-refractivity contribution < 1.29 is 22.7 Å². The molecule has 0 fully saturated rings. The molecule has 1 N–H and O–H groups in total. The molecule has 0 saturated heterocycles. The average molecular weight is 492 g/mol. The maximum atomic E-state index is 12.7. The van der Waals surface area contributed by atoms with Gasteiger partial charge in [-0.3, -0.25) is 4.79 Å². The lowest BCUT2D eigenvalue weighted by atomic mass is 10.2. The molecule has 0 unspecified atom stereocenters. The maximum Gasteiger partial charge on any atom is 0.343 e. The van der Waals surface area contributed by atoms with Crippen LogP contribution in [0.25, 0.3) is 0 Å². The topological polar surface area (TPSA) is 89.5 Å². The van der Waals surface area contributed by atoms with Crippen LogP contribution < -0.4 is 10.1 Å². The molecule has 0 aliphatic carbocycles. The Morgan fingerprint density at radius 3 is 2.09 bits per heavy atom. The van der Waals surface area contributed by atoms with Crippen molar-refractivity contribution >= 4 is 39.0 Å². The van der Waals surface area contributed by atoms with Gasteiger partial charge in [0.1, 0.15) is 5.75 Å². The Labute approximate surface area is 201 Å². The second-order valence-corrected chi connectivity index (χ2v) is 9.55. The molecule has 0 aliphatic rings. The summed E-state index contributed by atoms with van der Waals surface area (Å²) in [6.45, 7) is 0. The minimum absolute atomic E-state index is 0.0690. The third kappa shape index (κ3) is 5.17. The summed E-state index contributed by atoms with van der Waals surface area (Å²) in [7, 11) is -3.69. The molecule has 0 saturated carbocycles. The third-order valence-corrected chi connectivity index (χ3v) is 6.99. The minimum atomic E-state index is -3.69. The van der Waals surface area contributed by atoms with Gasteiger partial charge in [-0.15, -0.1) is 0 Å². The molecule has 4 aromatic carbocycles. The summed E-state index contributed by atoms with van der Waals surface area (Å²) < 4.78 is 30.8. The number of carbonyl (C=O) groups excluding carboxylic acids is 2. The number of anilines is 1. The summed E-state index contributed by atoms with van der Waals surface area (Å²) in [4.78, 5) is 25.3. The molecule has 0 aromatic heterocycles. The van der Waals surface area contributed by atoms with Gasteiger partial charge in [-0.05, 0) is 60.7 Å². The largest absolute Gasteiger partial charge is 0.423 e. The van der Waals surface area contributed by atoms with Gasteiger partial charge >= 0.3 is 5.97 Å². The Bertz CT molecular complexity index is 1450. The van der Waals surface area contributed by atoms with E-state index in [2.05, 4.69) is 5.32 Å². The van der Waals surface area contributed by atoms with E-state index >= 15 is 0 Å². The summed E-state index contributed by atoms with van der Waals surface area (Å²) in [5, 5.41) is 3.03. The number of esters is 1. The Morgan fingerprint density at radius 2 is 1.38 bits per heavy atom. The van der Waals surface area contributed by atoms with Crippen LogP contribution in [0.5, 0.6) is 5.75 Å². The van der Waals surface area contributed by atoms with Crippen molar-refractivity contribution in [3.05, 3.63) is 119 Å². The summed E-state index contributed by atoms with van der Waals surface area (Å²) in [5.74, 6) is -0.856. The van der Waals surface area contributed by atoms with Crippen LogP contribution in [0.1, 0.15) is 20.7 Å². The first-order valence-electron chi connectivity index (χ1n) is 10.1. The van der Waals surface area contributed by atoms with E-state index < -0.39 is 21.7 Å². The number of sulfone groups is 1. The summed E-state index contributed by atoms with van der Waals surface area (Å²) in [5.41, 5.74) is 0.911. The van der Waals surface area contributed by atoms with Crippen molar-refractivity contribution in [3.8, 4) is 5.75 Å². The van der Waals surface area contributed by atoms with Gasteiger partial charge in [-0.25, -0.2) is 13.2 Å². The van der Waals surface area contributed by atoms with Gasteiger partial charge in [-0.1, -0.05) is 48.0 Å². The van der Waals surface area contributed by atoms with Gasteiger partial charge in [0.25, 0.3) is 5.91 Å². The molecule has 8 heteroatoms. The lowest BCUT2D eigenvalue weighted by Crippen LogP contribution is -2.13. The highest BCUT2D eigenvalue weighted by Crippen LogP contribution is 2.23. The van der Waals surface area contributed by atoms with Gasteiger partial charge in [-0.2, -0.15) is 0 Å². The normalized spacial score (nSPS) is 11.0. The Kier molecular flexibility index (Phi) is 6.77. The van der Waals surface area contributed by atoms with Crippen molar-refractivity contribution in [3.63, 3.8) is 0 Å². The molecule has 6 nitrogen and oxygen atoms in total. The number of nitrogens with one attached hydrogen (secondary N) is 1. The number of carbonyl (C=O) groups is 2. The highest BCUT2D eigenvalue weighted by molar-refractivity contribution is 7.91. The molecule has 170 valence electrons. The number of benzene rings is 4. The molecular weight excluding hydrogens is 474 g/mol. The predicted octanol–water partition coefficient (Wildman–Crippen LogP) is 5.64. The summed E-state index contributed by atoms with van der Waals surface area (Å²) in [6, 6.07) is 26.5. The van der Waals surface area contributed by atoms with Crippen molar-refractivity contribution in [1.82, 2.24) is 0 Å². The first-order valence-corrected chi connectivity index (χ1v) is 12.0. The zero-order valence-corrected chi connectivity index (χ0v) is 19.2. The number of amides is 1. The van der Waals surface area contributed by atoms with Crippen LogP contribution in [-0.2, 0) is 9.84 Å². The van der Waals surface area contributed by atoms with Crippen LogP contribution in [0, 0.1) is 0 Å². The van der Waals surface area contributed by atoms with E-state index in [9.17, 15) is 18.0 Å². The van der Waals surface area contributed by atoms with Crippen molar-refractivity contribution in [2.75, 3.05) is 5.32 Å². The molecular formula is C26H18ClNO5S. The van der Waals surface area contributed by atoms with E-state index in [0.29, 0.717) is 16.3 Å². The molecule has 0 spiro atoms. The van der Waals surface area contributed by atoms with Gasteiger partial charge in [0.2, 0.25) is 9.84 Å². The molecule has 0 heterocycles. The van der Waals surface area contributed by atoms with Crippen LogP contribution in [-0.4, -0.2) is 20.3 Å². The van der Waals surface area contributed by atoms with E-state index in [0.717, 1.165) is 0 Å². The lowest BCUT2D eigenvalue weighted by molar-refractivity contribution is 0.0734. The number of halogens is 1. The minimum Gasteiger partial charge on any atom is -0.423 e. The van der Waals surface area contributed by atoms with Crippen LogP contribution in [0.2, 0.25) is 5.02 Å². The average Bonchev–Trinajstić information content (AvgIpc) is 2.85. The number of ether oxygens (including phenoxy) is 1. The van der Waals surface area contributed by atoms with E-state index in [1.54, 1.807) is 60.7 Å². The standard InChI is InChI=1S/C26H18ClNO5S/c27-24-12-5-4-11-23(24)25(29)28-19-7-6-8-20(17-19)33-26(30)18-13-15-22(16-14-18)34(31,32)21-9-2-1-3-10-21/h1-17H,(H,28,29). The molecule has 0 bridgehead atoms. The molecule has 4 rings (SSSR count). The van der Waals surface area contributed by atoms with Crippen molar-refractivity contribution in [1.29, 1.82) is 0 Å². The second kappa shape index (κ2) is 9.91. The predicted molar refractivity (Wildman–Crippen MR) is 129 cm³/mol. The highest BCUT2D eigenvalue weighted by atomic mass is 35.5. The molecule has 34 heavy (non-hydrogen) atoms. The third-order valence-electron chi connectivity index (χ3n) is 4.87. The van der Waals surface area contributed by atoms with Crippen molar-refractivity contribution in [2.24, 2.45) is 0 Å². The Morgan fingerprint density at radius 1 is 0.735 bits per heavy atom. The van der Waals surface area contributed by atoms with Crippen LogP contribution in [0.3, 0.4) is 0 Å². The maximum absolute atomic E-state index is 12.7. The SMILES string of the molecule is O=C(Oc1cccc(NC(=O)c2ccccc2Cl)c1)c1ccc(S(=O)(=O)c2ccccc2)cc1. The number of rotatable bonds is 6. The highest BCUT2D eigenvalue weighted by Gasteiger charge is 2.18. The Hall–Kier alpha value is -3.94. The zero-order valence-electron chi connectivity index (χ0n) is 17.6. The fourth-order valence-corrected chi connectivity index (χ4v) is 4.66. The van der Waals surface area contributed by atoms with Crippen LogP contribution in [0.15, 0.2) is 113 Å². The molecule has 0 aliphatic heterocycles. The molecule has 0 radical (unpaired) electrons. The van der Waals surface area contributed by atoms with Gasteiger partial charge in [0.05, 0.1) is 25.9 Å². The number of hydrogen-bond acceptors (Lipinski definition) is 5. The molecule has 0 atom stereocenters. The molecule has 4 aromatic rings. The number of hydrogen-bond donors (Lipinski definition) is 1. The summed E-state index contributed by atoms with van der Waals surface area (Å²) in [6.07, 6.45) is 0. The van der Waals surface area contributed by atoms with Crippen molar-refractivity contribution in [2.45, 2.75) is 9.79 Å². The first kappa shape index (κ1) is 23.2. The monoisotopic (exact) mass is 491 g/mol. The van der Waals surface area contributed by atoms with E-state index in [1.165, 1.54) is 42.5 Å². The Balaban J connectivity index is 1.46. The lowest BCUT2D eigenvalue weighted by Gasteiger charge is -2.09. The fraction of sp³-hybridized carbons (Fsp3) is 0. The van der Waals surface area contributed by atoms with E-state index in [-0.39, 0.29) is 21.1 Å². The fourth-order valence-electron chi connectivity index (χ4n) is 3.15. The van der Waals surface area contributed by atoms with Crippen LogP contribution >= 0.6 is 11.6 Å². The van der Waals surface area contributed by atoms with Gasteiger partial charge in [0.15, 0.2) is 0 Å². The van der Waals surface area contributed by atoms with Gasteiger partial charge < -0.3 is 10.1 Å². The van der Waals surface area contributed by atoms with Crippen LogP contribution in [0.4, 0.5) is 5.69 Å².